The third-order valence-electron chi connectivity index (χ3n) is 3.07. The fraction of sp³-hybridized carbons (Fsp3) is 0.133. The van der Waals surface area contributed by atoms with Gasteiger partial charge in [-0.1, -0.05) is 0 Å². The zero-order chi connectivity index (χ0) is 16.1. The molecule has 0 saturated heterocycles. The van der Waals surface area contributed by atoms with Crippen molar-refractivity contribution in [1.82, 2.24) is 15.3 Å². The Labute approximate surface area is 140 Å². The molecule has 0 fully saturated rings. The molecule has 118 valence electrons. The van der Waals surface area contributed by atoms with Crippen LogP contribution in [0.5, 0.6) is 0 Å². The zero-order valence-corrected chi connectivity index (χ0v) is 13.6. The topological polar surface area (TPSA) is 87.1 Å². The van der Waals surface area contributed by atoms with E-state index in [2.05, 4.69) is 20.6 Å². The van der Waals surface area contributed by atoms with Crippen LogP contribution >= 0.6 is 22.7 Å². The second-order valence-corrected chi connectivity index (χ2v) is 6.33. The Hall–Kier alpha value is -2.29. The van der Waals surface area contributed by atoms with Gasteiger partial charge in [0.05, 0.1) is 11.8 Å². The highest BCUT2D eigenvalue weighted by Crippen LogP contribution is 2.24. The zero-order valence-electron chi connectivity index (χ0n) is 12.0. The summed E-state index contributed by atoms with van der Waals surface area (Å²) in [6.45, 7) is 0.142. The lowest BCUT2D eigenvalue weighted by atomic mass is 10.2. The van der Waals surface area contributed by atoms with Crippen LogP contribution in [0.15, 0.2) is 46.7 Å². The van der Waals surface area contributed by atoms with Gasteiger partial charge in [-0.2, -0.15) is 11.3 Å². The molecule has 6 nitrogen and oxygen atoms in total. The van der Waals surface area contributed by atoms with Crippen molar-refractivity contribution in [1.29, 1.82) is 0 Å². The standard InChI is InChI=1S/C15H14N4O2S2/c20-13(11-3-5-22-8-11)7-17-14(21)19-15-18-12(9-23-15)10-2-1-4-16-6-10/h1-6,8-9,13,20H,7H2,(H2,17,18,19,21). The van der Waals surface area contributed by atoms with E-state index in [4.69, 9.17) is 0 Å². The highest BCUT2D eigenvalue weighted by atomic mass is 32.1. The van der Waals surface area contributed by atoms with Crippen LogP contribution in [0.2, 0.25) is 0 Å². The van der Waals surface area contributed by atoms with E-state index in [1.54, 1.807) is 12.4 Å². The Morgan fingerprint density at radius 1 is 1.35 bits per heavy atom. The molecule has 0 saturated carbocycles. The Kier molecular flexibility index (Phi) is 4.96. The number of aliphatic hydroxyl groups excluding tert-OH is 1. The number of aliphatic hydroxyl groups is 1. The van der Waals surface area contributed by atoms with Crippen molar-refractivity contribution in [3.8, 4) is 11.3 Å². The van der Waals surface area contributed by atoms with Crippen molar-refractivity contribution in [2.75, 3.05) is 11.9 Å². The van der Waals surface area contributed by atoms with Crippen LogP contribution in [-0.2, 0) is 0 Å². The Morgan fingerprint density at radius 2 is 2.26 bits per heavy atom. The molecule has 0 bridgehead atoms. The van der Waals surface area contributed by atoms with E-state index in [9.17, 15) is 9.90 Å². The van der Waals surface area contributed by atoms with Crippen molar-refractivity contribution < 1.29 is 9.90 Å². The smallest absolute Gasteiger partial charge is 0.321 e. The number of amides is 2. The third kappa shape index (κ3) is 4.13. The molecule has 3 N–H and O–H groups in total. The normalized spacial score (nSPS) is 11.9. The molecule has 3 aromatic rings. The summed E-state index contributed by atoms with van der Waals surface area (Å²) in [5.41, 5.74) is 2.45. The molecule has 0 radical (unpaired) electrons. The Bertz CT molecular complexity index is 759. The monoisotopic (exact) mass is 346 g/mol. The van der Waals surface area contributed by atoms with E-state index in [1.807, 2.05) is 34.3 Å². The lowest BCUT2D eigenvalue weighted by molar-refractivity contribution is 0.175. The summed E-state index contributed by atoms with van der Waals surface area (Å²) in [7, 11) is 0. The van der Waals surface area contributed by atoms with Crippen LogP contribution in [0.1, 0.15) is 11.7 Å². The molecular weight excluding hydrogens is 332 g/mol. The molecule has 0 aliphatic carbocycles. The maximum Gasteiger partial charge on any atom is 0.321 e. The molecule has 3 heterocycles. The Morgan fingerprint density at radius 3 is 3.00 bits per heavy atom. The highest BCUT2D eigenvalue weighted by Gasteiger charge is 2.11. The lowest BCUT2D eigenvalue weighted by Gasteiger charge is -2.10. The molecule has 0 spiro atoms. The molecule has 2 amide bonds. The summed E-state index contributed by atoms with van der Waals surface area (Å²) in [6.07, 6.45) is 2.70. The lowest BCUT2D eigenvalue weighted by Crippen LogP contribution is -2.32. The number of hydrogen-bond donors (Lipinski definition) is 3. The van der Waals surface area contributed by atoms with Gasteiger partial charge in [0, 0.05) is 29.9 Å². The van der Waals surface area contributed by atoms with Gasteiger partial charge in [-0.3, -0.25) is 10.3 Å². The van der Waals surface area contributed by atoms with Crippen molar-refractivity contribution in [2.45, 2.75) is 6.10 Å². The minimum atomic E-state index is -0.714. The average Bonchev–Trinajstić information content (AvgIpc) is 3.25. The van der Waals surface area contributed by atoms with E-state index in [0.29, 0.717) is 5.13 Å². The van der Waals surface area contributed by atoms with Gasteiger partial charge in [-0.25, -0.2) is 9.78 Å². The summed E-state index contributed by atoms with van der Waals surface area (Å²) in [5, 5.41) is 21.3. The summed E-state index contributed by atoms with van der Waals surface area (Å²) in [4.78, 5) is 20.2. The predicted octanol–water partition coefficient (Wildman–Crippen LogP) is 3.12. The first-order valence-electron chi connectivity index (χ1n) is 6.83. The SMILES string of the molecule is O=C(NCC(O)c1ccsc1)Nc1nc(-c2cccnc2)cs1. The number of aromatic nitrogens is 2. The van der Waals surface area contributed by atoms with E-state index in [-0.39, 0.29) is 6.54 Å². The largest absolute Gasteiger partial charge is 0.387 e. The number of carbonyl (C=O) groups is 1. The van der Waals surface area contributed by atoms with Crippen molar-refractivity contribution >= 4 is 33.8 Å². The summed E-state index contributed by atoms with van der Waals surface area (Å²) in [5.74, 6) is 0. The van der Waals surface area contributed by atoms with Crippen LogP contribution in [0.25, 0.3) is 11.3 Å². The molecule has 23 heavy (non-hydrogen) atoms. The minimum Gasteiger partial charge on any atom is -0.387 e. The van der Waals surface area contributed by atoms with Crippen LogP contribution in [0.3, 0.4) is 0 Å². The number of hydrogen-bond acceptors (Lipinski definition) is 6. The number of carbonyl (C=O) groups excluding carboxylic acids is 1. The number of thiazole rings is 1. The molecule has 1 unspecified atom stereocenters. The van der Waals surface area contributed by atoms with E-state index >= 15 is 0 Å². The maximum atomic E-state index is 11.9. The summed E-state index contributed by atoms with van der Waals surface area (Å²) < 4.78 is 0. The highest BCUT2D eigenvalue weighted by molar-refractivity contribution is 7.14. The summed E-state index contributed by atoms with van der Waals surface area (Å²) in [6, 6.07) is 5.17. The predicted molar refractivity (Wildman–Crippen MR) is 91.6 cm³/mol. The molecule has 0 aliphatic rings. The molecule has 8 heteroatoms. The number of pyridine rings is 1. The van der Waals surface area contributed by atoms with E-state index < -0.39 is 12.1 Å². The van der Waals surface area contributed by atoms with Crippen LogP contribution in [0.4, 0.5) is 9.93 Å². The number of nitrogens with one attached hydrogen (secondary N) is 2. The van der Waals surface area contributed by atoms with E-state index in [0.717, 1.165) is 16.8 Å². The number of anilines is 1. The molecular formula is C15H14N4O2S2. The number of nitrogens with zero attached hydrogens (tertiary/aromatic N) is 2. The van der Waals surface area contributed by atoms with Crippen molar-refractivity contribution in [3.63, 3.8) is 0 Å². The van der Waals surface area contributed by atoms with Gasteiger partial charge in [-0.15, -0.1) is 11.3 Å². The van der Waals surface area contributed by atoms with Gasteiger partial charge >= 0.3 is 6.03 Å². The summed E-state index contributed by atoms with van der Waals surface area (Å²) >= 11 is 2.84. The quantitative estimate of drug-likeness (QED) is 0.662. The first kappa shape index (κ1) is 15.6. The molecule has 3 rings (SSSR count). The third-order valence-corrected chi connectivity index (χ3v) is 4.53. The van der Waals surface area contributed by atoms with Crippen LogP contribution in [0, 0.1) is 0 Å². The second kappa shape index (κ2) is 7.32. The van der Waals surface area contributed by atoms with Gasteiger partial charge in [-0.05, 0) is 34.5 Å². The van der Waals surface area contributed by atoms with Crippen molar-refractivity contribution in [2.24, 2.45) is 0 Å². The fourth-order valence-electron chi connectivity index (χ4n) is 1.89. The maximum absolute atomic E-state index is 11.9. The number of urea groups is 1. The molecule has 0 aromatic carbocycles. The molecule has 3 aromatic heterocycles. The molecule has 1 atom stereocenters. The number of thiophene rings is 1. The van der Waals surface area contributed by atoms with Crippen LogP contribution in [-0.4, -0.2) is 27.7 Å². The average molecular weight is 346 g/mol. The first-order chi connectivity index (χ1) is 11.2. The van der Waals surface area contributed by atoms with Gasteiger partial charge < -0.3 is 10.4 Å². The number of rotatable bonds is 5. The molecule has 0 aliphatic heterocycles. The second-order valence-electron chi connectivity index (χ2n) is 4.69. The van der Waals surface area contributed by atoms with Gasteiger partial charge in [0.25, 0.3) is 0 Å². The van der Waals surface area contributed by atoms with Crippen molar-refractivity contribution in [3.05, 3.63) is 52.3 Å². The first-order valence-corrected chi connectivity index (χ1v) is 8.65. The Balaban J connectivity index is 1.53. The van der Waals surface area contributed by atoms with Gasteiger partial charge in [0.15, 0.2) is 5.13 Å². The van der Waals surface area contributed by atoms with Crippen LogP contribution < -0.4 is 10.6 Å². The fourth-order valence-corrected chi connectivity index (χ4v) is 3.31. The minimum absolute atomic E-state index is 0.142. The van der Waals surface area contributed by atoms with Gasteiger partial charge in [0.1, 0.15) is 0 Å². The van der Waals surface area contributed by atoms with E-state index in [1.165, 1.54) is 22.7 Å². The van der Waals surface area contributed by atoms with Gasteiger partial charge in [0.2, 0.25) is 0 Å².